The molecule has 1 heterocycles. The summed E-state index contributed by atoms with van der Waals surface area (Å²) in [4.78, 5) is 12.2. The van der Waals surface area contributed by atoms with Crippen LogP contribution in [0.4, 0.5) is 0 Å². The lowest BCUT2D eigenvalue weighted by atomic mass is 10.0. The first-order valence-electron chi connectivity index (χ1n) is 8.99. The van der Waals surface area contributed by atoms with Crippen LogP contribution in [-0.2, 0) is 18.3 Å². The number of ether oxygens (including phenoxy) is 1. The Balaban J connectivity index is 1.82. The molecule has 1 amide bonds. The van der Waals surface area contributed by atoms with Crippen molar-refractivity contribution in [3.8, 4) is 5.75 Å². The number of carbonyl (C=O) groups is 1. The lowest BCUT2D eigenvalue weighted by Gasteiger charge is -2.17. The van der Waals surface area contributed by atoms with Crippen LogP contribution in [0.5, 0.6) is 5.75 Å². The van der Waals surface area contributed by atoms with Crippen LogP contribution in [-0.4, -0.2) is 23.1 Å². The molecule has 4 nitrogen and oxygen atoms in total. The second-order valence-electron chi connectivity index (χ2n) is 7.10. The Morgan fingerprint density at radius 3 is 2.64 bits per heavy atom. The van der Waals surface area contributed by atoms with Crippen LogP contribution in [0.3, 0.4) is 0 Å². The number of hydrogen-bond acceptors (Lipinski definition) is 2. The van der Waals surface area contributed by atoms with E-state index in [0.717, 1.165) is 29.7 Å². The van der Waals surface area contributed by atoms with Crippen LogP contribution in [0.25, 0.3) is 0 Å². The van der Waals surface area contributed by atoms with Crippen LogP contribution in [0.1, 0.15) is 49.9 Å². The zero-order valence-electron chi connectivity index (χ0n) is 16.0. The molecule has 2 aromatic rings. The minimum atomic E-state index is -0.0735. The Bertz CT molecular complexity index is 704. The molecule has 25 heavy (non-hydrogen) atoms. The molecule has 0 aliphatic heterocycles. The van der Waals surface area contributed by atoms with Crippen molar-refractivity contribution in [3.63, 3.8) is 0 Å². The molecule has 0 unspecified atom stereocenters. The van der Waals surface area contributed by atoms with E-state index >= 15 is 0 Å². The van der Waals surface area contributed by atoms with Crippen molar-refractivity contribution in [2.45, 2.75) is 52.5 Å². The summed E-state index contributed by atoms with van der Waals surface area (Å²) in [6.07, 6.45) is 3.90. The number of aromatic nitrogens is 1. The molecular formula is C21H30N2O2. The molecule has 0 saturated carbocycles. The van der Waals surface area contributed by atoms with Gasteiger partial charge in [0.25, 0.3) is 5.91 Å². The van der Waals surface area contributed by atoms with E-state index < -0.39 is 0 Å². The van der Waals surface area contributed by atoms with Gasteiger partial charge in [-0.25, -0.2) is 0 Å². The van der Waals surface area contributed by atoms with Crippen molar-refractivity contribution in [2.75, 3.05) is 6.61 Å². The molecule has 0 radical (unpaired) electrons. The lowest BCUT2D eigenvalue weighted by molar-refractivity contribution is -0.123. The fourth-order valence-corrected chi connectivity index (χ4v) is 2.90. The van der Waals surface area contributed by atoms with E-state index in [2.05, 4.69) is 41.9 Å². The third-order valence-corrected chi connectivity index (χ3v) is 4.44. The zero-order valence-corrected chi connectivity index (χ0v) is 16.0. The van der Waals surface area contributed by atoms with Gasteiger partial charge in [-0.2, -0.15) is 0 Å². The first-order valence-corrected chi connectivity index (χ1v) is 8.99. The average Bonchev–Trinajstić information content (AvgIpc) is 2.96. The van der Waals surface area contributed by atoms with E-state index in [0.29, 0.717) is 5.92 Å². The molecule has 1 atom stereocenters. The summed E-state index contributed by atoms with van der Waals surface area (Å²) in [5.74, 6) is 1.10. The fourth-order valence-electron chi connectivity index (χ4n) is 2.90. The highest BCUT2D eigenvalue weighted by Crippen LogP contribution is 2.27. The van der Waals surface area contributed by atoms with Crippen molar-refractivity contribution in [2.24, 2.45) is 7.05 Å². The van der Waals surface area contributed by atoms with Crippen molar-refractivity contribution in [1.82, 2.24) is 9.88 Å². The second kappa shape index (κ2) is 8.75. The molecule has 0 aliphatic rings. The van der Waals surface area contributed by atoms with Crippen LogP contribution < -0.4 is 10.1 Å². The molecule has 136 valence electrons. The normalized spacial score (nSPS) is 12.2. The van der Waals surface area contributed by atoms with Gasteiger partial charge >= 0.3 is 0 Å². The van der Waals surface area contributed by atoms with Gasteiger partial charge in [0.05, 0.1) is 0 Å². The second-order valence-corrected chi connectivity index (χ2v) is 7.10. The number of aryl methyl sites for hydroxylation is 3. The van der Waals surface area contributed by atoms with Gasteiger partial charge in [0, 0.05) is 25.0 Å². The highest BCUT2D eigenvalue weighted by atomic mass is 16.5. The quantitative estimate of drug-likeness (QED) is 0.789. The van der Waals surface area contributed by atoms with Gasteiger partial charge in [0.1, 0.15) is 5.75 Å². The smallest absolute Gasteiger partial charge is 0.258 e. The van der Waals surface area contributed by atoms with Gasteiger partial charge in [-0.05, 0) is 61.9 Å². The van der Waals surface area contributed by atoms with Crippen molar-refractivity contribution >= 4 is 5.91 Å². The fraction of sp³-hybridized carbons (Fsp3) is 0.476. The molecule has 0 bridgehead atoms. The highest BCUT2D eigenvalue weighted by Gasteiger charge is 2.12. The standard InChI is InChI=1S/C21H30N2O2/c1-15(2)19-11-8-16(3)13-20(19)25-14-21(24)22-17(4)9-10-18-7-6-12-23(18)5/h6-8,11-13,15,17H,9-10,14H2,1-5H3,(H,22,24)/t17-/m1/s1. The van der Waals surface area contributed by atoms with Crippen LogP contribution in [0.2, 0.25) is 0 Å². The Labute approximate surface area is 151 Å². The number of benzene rings is 1. The Hall–Kier alpha value is -2.23. The largest absolute Gasteiger partial charge is 0.483 e. The van der Waals surface area contributed by atoms with Crippen molar-refractivity contribution < 1.29 is 9.53 Å². The number of rotatable bonds is 8. The molecular weight excluding hydrogens is 312 g/mol. The van der Waals surface area contributed by atoms with E-state index in [9.17, 15) is 4.79 Å². The van der Waals surface area contributed by atoms with E-state index in [1.807, 2.05) is 39.2 Å². The lowest BCUT2D eigenvalue weighted by Crippen LogP contribution is -2.36. The zero-order chi connectivity index (χ0) is 18.4. The molecule has 0 saturated heterocycles. The first kappa shape index (κ1) is 19.1. The van der Waals surface area contributed by atoms with E-state index in [-0.39, 0.29) is 18.6 Å². The summed E-state index contributed by atoms with van der Waals surface area (Å²) in [5.41, 5.74) is 3.55. The molecule has 1 aromatic carbocycles. The third-order valence-electron chi connectivity index (χ3n) is 4.44. The van der Waals surface area contributed by atoms with E-state index in [4.69, 9.17) is 4.74 Å². The topological polar surface area (TPSA) is 43.3 Å². The monoisotopic (exact) mass is 342 g/mol. The molecule has 1 aromatic heterocycles. The van der Waals surface area contributed by atoms with Gasteiger partial charge in [-0.15, -0.1) is 0 Å². The van der Waals surface area contributed by atoms with Gasteiger partial charge < -0.3 is 14.6 Å². The molecule has 0 fully saturated rings. The molecule has 0 aliphatic carbocycles. The molecule has 0 spiro atoms. The Kier molecular flexibility index (Phi) is 6.68. The predicted octanol–water partition coefficient (Wildman–Crippen LogP) is 3.97. The number of hydrogen-bond donors (Lipinski definition) is 1. The first-order chi connectivity index (χ1) is 11.9. The third kappa shape index (κ3) is 5.66. The van der Waals surface area contributed by atoms with Gasteiger partial charge in [-0.1, -0.05) is 26.0 Å². The maximum atomic E-state index is 12.2. The summed E-state index contributed by atoms with van der Waals surface area (Å²) in [7, 11) is 2.04. The summed E-state index contributed by atoms with van der Waals surface area (Å²) in [6.45, 7) is 8.37. The Morgan fingerprint density at radius 2 is 2.00 bits per heavy atom. The maximum Gasteiger partial charge on any atom is 0.258 e. The van der Waals surface area contributed by atoms with E-state index in [1.54, 1.807) is 0 Å². The number of amides is 1. The van der Waals surface area contributed by atoms with Gasteiger partial charge in [0.2, 0.25) is 0 Å². The van der Waals surface area contributed by atoms with Crippen molar-refractivity contribution in [3.05, 3.63) is 53.3 Å². The highest BCUT2D eigenvalue weighted by molar-refractivity contribution is 5.77. The summed E-state index contributed by atoms with van der Waals surface area (Å²) < 4.78 is 7.91. The minimum Gasteiger partial charge on any atom is -0.483 e. The molecule has 1 N–H and O–H groups in total. The van der Waals surface area contributed by atoms with Gasteiger partial charge in [0.15, 0.2) is 6.61 Å². The SMILES string of the molecule is Cc1ccc(C(C)C)c(OCC(=O)N[C@H](C)CCc2cccn2C)c1. The number of nitrogens with one attached hydrogen (secondary N) is 1. The average molecular weight is 342 g/mol. The summed E-state index contributed by atoms with van der Waals surface area (Å²) in [5, 5.41) is 3.02. The van der Waals surface area contributed by atoms with E-state index in [1.165, 1.54) is 5.69 Å². The summed E-state index contributed by atoms with van der Waals surface area (Å²) >= 11 is 0. The predicted molar refractivity (Wildman–Crippen MR) is 102 cm³/mol. The number of carbonyl (C=O) groups excluding carboxylic acids is 1. The Morgan fingerprint density at radius 1 is 1.24 bits per heavy atom. The van der Waals surface area contributed by atoms with Crippen molar-refractivity contribution in [1.29, 1.82) is 0 Å². The number of nitrogens with zero attached hydrogens (tertiary/aromatic N) is 1. The minimum absolute atomic E-state index is 0.0532. The molecule has 4 heteroatoms. The van der Waals surface area contributed by atoms with Crippen LogP contribution >= 0.6 is 0 Å². The summed E-state index contributed by atoms with van der Waals surface area (Å²) in [6, 6.07) is 10.4. The molecule has 2 rings (SSSR count). The van der Waals surface area contributed by atoms with Crippen LogP contribution in [0.15, 0.2) is 36.5 Å². The van der Waals surface area contributed by atoms with Gasteiger partial charge in [-0.3, -0.25) is 4.79 Å². The maximum absolute atomic E-state index is 12.2. The van der Waals surface area contributed by atoms with Crippen LogP contribution in [0, 0.1) is 6.92 Å².